The second kappa shape index (κ2) is 25.7. The summed E-state index contributed by atoms with van der Waals surface area (Å²) < 4.78 is 49.1. The number of nitrogens with one attached hydrogen (secondary N) is 4. The largest absolute Gasteiger partial charge is 0.456 e. The van der Waals surface area contributed by atoms with Crippen molar-refractivity contribution in [2.24, 2.45) is 5.92 Å². The molecule has 0 saturated carbocycles. The molecular weight excluding hydrogens is 931 g/mol. The standard InChI is InChI=1S/C53H71N5O12S/c1-34(2)46(49(62)54-31-36-21-16-13-17-22-36)57-48(61)45(67-10)30-44(59)43(55-47(60)39-27-40(50(63)69-52(3,4)5)29-41(28-39)58(9)71(11,65)66)33-68-32-37-23-18-24-38(25-37)42(26-35-19-14-12-15-20-35)56-51(64)70-53(6,7)8/h12-25,27-29,34,42-46,59H,26,30-33H2,1-11H3,(H,54,62)(H,55,60)(H,56,64)(H,57,61)/t42?,43-,44-,45+,46-/m0/s1. The maximum Gasteiger partial charge on any atom is 0.408 e. The normalized spacial score (nSPS) is 14.0. The summed E-state index contributed by atoms with van der Waals surface area (Å²) in [5.41, 5.74) is 1.37. The van der Waals surface area contributed by atoms with Crippen LogP contribution in [0.5, 0.6) is 0 Å². The van der Waals surface area contributed by atoms with Crippen LogP contribution in [0.3, 0.4) is 0 Å². The molecule has 18 heteroatoms. The maximum absolute atomic E-state index is 14.3. The summed E-state index contributed by atoms with van der Waals surface area (Å²) in [6.45, 7) is 13.8. The number of carbonyl (C=O) groups is 5. The summed E-state index contributed by atoms with van der Waals surface area (Å²) in [6, 6.07) is 27.4. The van der Waals surface area contributed by atoms with Gasteiger partial charge in [-0.15, -0.1) is 0 Å². The number of amides is 4. The van der Waals surface area contributed by atoms with Crippen LogP contribution in [0.15, 0.2) is 103 Å². The fraction of sp³-hybridized carbons (Fsp3) is 0.453. The highest BCUT2D eigenvalue weighted by molar-refractivity contribution is 7.92. The Kier molecular flexibility index (Phi) is 20.7. The van der Waals surface area contributed by atoms with E-state index in [2.05, 4.69) is 21.3 Å². The minimum Gasteiger partial charge on any atom is -0.456 e. The predicted octanol–water partition coefficient (Wildman–Crippen LogP) is 6.38. The second-order valence-electron chi connectivity index (χ2n) is 19.7. The molecule has 0 heterocycles. The lowest BCUT2D eigenvalue weighted by atomic mass is 9.97. The van der Waals surface area contributed by atoms with Gasteiger partial charge in [-0.05, 0) is 94.3 Å². The van der Waals surface area contributed by atoms with Gasteiger partial charge in [-0.1, -0.05) is 98.8 Å². The van der Waals surface area contributed by atoms with Crippen molar-refractivity contribution < 1.29 is 56.4 Å². The average molecular weight is 1000 g/mol. The van der Waals surface area contributed by atoms with Gasteiger partial charge in [0.25, 0.3) is 5.91 Å². The molecular formula is C53H71N5O12S. The van der Waals surface area contributed by atoms with Crippen LogP contribution < -0.4 is 25.6 Å². The molecule has 386 valence electrons. The summed E-state index contributed by atoms with van der Waals surface area (Å²) in [6.07, 6.45) is -2.38. The van der Waals surface area contributed by atoms with Crippen LogP contribution in [-0.4, -0.2) is 106 Å². The van der Waals surface area contributed by atoms with E-state index in [9.17, 15) is 37.5 Å². The Labute approximate surface area is 418 Å². The van der Waals surface area contributed by atoms with E-state index >= 15 is 0 Å². The molecule has 1 unspecified atom stereocenters. The smallest absolute Gasteiger partial charge is 0.408 e. The van der Waals surface area contributed by atoms with Gasteiger partial charge < -0.3 is 45.3 Å². The third-order valence-electron chi connectivity index (χ3n) is 10.9. The molecule has 0 aliphatic rings. The lowest BCUT2D eigenvalue weighted by molar-refractivity contribution is -0.137. The molecule has 0 bridgehead atoms. The number of alkyl carbamates (subject to hydrolysis) is 1. The highest BCUT2D eigenvalue weighted by Gasteiger charge is 2.33. The zero-order chi connectivity index (χ0) is 52.7. The molecule has 0 spiro atoms. The Hall–Kier alpha value is -6.34. The topological polar surface area (TPSA) is 228 Å². The van der Waals surface area contributed by atoms with Crippen LogP contribution in [0.1, 0.15) is 111 Å². The first-order chi connectivity index (χ1) is 33.2. The number of anilines is 1. The van der Waals surface area contributed by atoms with Crippen molar-refractivity contribution >= 4 is 45.5 Å². The van der Waals surface area contributed by atoms with E-state index in [1.165, 1.54) is 32.4 Å². The summed E-state index contributed by atoms with van der Waals surface area (Å²) in [4.78, 5) is 67.8. The quantitative estimate of drug-likeness (QED) is 0.0510. The van der Waals surface area contributed by atoms with E-state index in [4.69, 9.17) is 18.9 Å². The average Bonchev–Trinajstić information content (AvgIpc) is 3.29. The van der Waals surface area contributed by atoms with E-state index in [0.717, 1.165) is 27.3 Å². The number of aliphatic hydroxyl groups is 1. The molecule has 5 N–H and O–H groups in total. The zero-order valence-electron chi connectivity index (χ0n) is 42.6. The van der Waals surface area contributed by atoms with Crippen LogP contribution in [0, 0.1) is 5.92 Å². The van der Waals surface area contributed by atoms with Gasteiger partial charge in [0.15, 0.2) is 0 Å². The molecule has 4 aromatic rings. The SMILES string of the molecule is CO[C@H](C[C@H](O)[C@H](COCc1cccc(C(Cc2ccccc2)NC(=O)OC(C)(C)C)c1)NC(=O)c1cc(C(=O)OC(C)(C)C)cc(N(C)S(C)(=O)=O)c1)C(=O)N[C@H](C(=O)NCc1ccccc1)C(C)C. The number of rotatable bonds is 23. The van der Waals surface area contributed by atoms with E-state index in [0.29, 0.717) is 12.0 Å². The number of hydrogen-bond donors (Lipinski definition) is 5. The third kappa shape index (κ3) is 19.1. The molecule has 0 aliphatic heterocycles. The van der Waals surface area contributed by atoms with Gasteiger partial charge in [0.2, 0.25) is 21.8 Å². The van der Waals surface area contributed by atoms with Crippen LogP contribution in [0.4, 0.5) is 10.5 Å². The first-order valence-electron chi connectivity index (χ1n) is 23.4. The number of hydrogen-bond acceptors (Lipinski definition) is 12. The van der Waals surface area contributed by atoms with Crippen molar-refractivity contribution in [3.8, 4) is 0 Å². The van der Waals surface area contributed by atoms with Crippen molar-refractivity contribution in [3.63, 3.8) is 0 Å². The number of methoxy groups -OCH3 is 1. The van der Waals surface area contributed by atoms with Crippen molar-refractivity contribution in [1.29, 1.82) is 0 Å². The molecule has 4 amide bonds. The van der Waals surface area contributed by atoms with E-state index in [1.54, 1.807) is 55.4 Å². The summed E-state index contributed by atoms with van der Waals surface area (Å²) in [5.74, 6) is -3.07. The highest BCUT2D eigenvalue weighted by atomic mass is 32.2. The third-order valence-corrected chi connectivity index (χ3v) is 12.1. The van der Waals surface area contributed by atoms with Gasteiger partial charge in [0.05, 0.1) is 48.9 Å². The lowest BCUT2D eigenvalue weighted by Gasteiger charge is -2.28. The summed E-state index contributed by atoms with van der Waals surface area (Å²) >= 11 is 0. The minimum absolute atomic E-state index is 0.00963. The fourth-order valence-electron chi connectivity index (χ4n) is 7.20. The fourth-order valence-corrected chi connectivity index (χ4v) is 7.68. The van der Waals surface area contributed by atoms with Crippen molar-refractivity contribution in [2.45, 2.75) is 123 Å². The number of sulfonamides is 1. The van der Waals surface area contributed by atoms with Gasteiger partial charge in [0, 0.05) is 32.7 Å². The molecule has 0 fully saturated rings. The molecule has 71 heavy (non-hydrogen) atoms. The molecule has 4 aromatic carbocycles. The Morgan fingerprint density at radius 2 is 1.31 bits per heavy atom. The van der Waals surface area contributed by atoms with Gasteiger partial charge >= 0.3 is 12.1 Å². The number of esters is 1. The van der Waals surface area contributed by atoms with E-state index in [-0.39, 0.29) is 48.9 Å². The molecule has 0 aliphatic carbocycles. The van der Waals surface area contributed by atoms with Crippen LogP contribution in [0.2, 0.25) is 0 Å². The van der Waals surface area contributed by atoms with Crippen molar-refractivity contribution in [1.82, 2.24) is 21.3 Å². The molecule has 4 rings (SSSR count). The number of ether oxygens (including phenoxy) is 4. The first-order valence-corrected chi connectivity index (χ1v) is 25.2. The van der Waals surface area contributed by atoms with Crippen molar-refractivity contribution in [3.05, 3.63) is 137 Å². The van der Waals surface area contributed by atoms with Gasteiger partial charge in [-0.3, -0.25) is 18.7 Å². The predicted molar refractivity (Wildman–Crippen MR) is 271 cm³/mol. The molecule has 0 saturated heterocycles. The minimum atomic E-state index is -3.86. The maximum atomic E-state index is 14.3. The van der Waals surface area contributed by atoms with E-state index in [1.807, 2.05) is 84.9 Å². The molecule has 5 atom stereocenters. The lowest BCUT2D eigenvalue weighted by Crippen LogP contribution is -2.54. The highest BCUT2D eigenvalue weighted by Crippen LogP contribution is 2.25. The second-order valence-corrected chi connectivity index (χ2v) is 21.7. The van der Waals surface area contributed by atoms with Crippen LogP contribution >= 0.6 is 0 Å². The Balaban J connectivity index is 1.63. The van der Waals surface area contributed by atoms with Gasteiger partial charge in [0.1, 0.15) is 23.3 Å². The number of aliphatic hydroxyl groups excluding tert-OH is 1. The van der Waals surface area contributed by atoms with Gasteiger partial charge in [-0.25, -0.2) is 18.0 Å². The van der Waals surface area contributed by atoms with Crippen molar-refractivity contribution in [2.75, 3.05) is 31.3 Å². The molecule has 0 radical (unpaired) electrons. The number of nitrogens with zero attached hydrogens (tertiary/aromatic N) is 1. The molecule has 0 aromatic heterocycles. The monoisotopic (exact) mass is 1000 g/mol. The van der Waals surface area contributed by atoms with Crippen LogP contribution in [-0.2, 0) is 58.1 Å². The Morgan fingerprint density at radius 1 is 0.718 bits per heavy atom. The van der Waals surface area contributed by atoms with E-state index < -0.39 is 81.3 Å². The number of benzene rings is 4. The summed E-state index contributed by atoms with van der Waals surface area (Å²) in [5, 5.41) is 23.3. The Bertz CT molecular complexity index is 2530. The van der Waals surface area contributed by atoms with Gasteiger partial charge in [-0.2, -0.15) is 0 Å². The van der Waals surface area contributed by atoms with Crippen LogP contribution in [0.25, 0.3) is 0 Å². The molecule has 17 nitrogen and oxygen atoms in total. The zero-order valence-corrected chi connectivity index (χ0v) is 43.4. The summed E-state index contributed by atoms with van der Waals surface area (Å²) in [7, 11) is -1.32. The Morgan fingerprint density at radius 3 is 1.89 bits per heavy atom. The number of carbonyl (C=O) groups excluding carboxylic acids is 5. The first kappa shape index (κ1) is 57.2.